The third-order valence-corrected chi connectivity index (χ3v) is 3.40. The summed E-state index contributed by atoms with van der Waals surface area (Å²) in [6, 6.07) is 0.420. The van der Waals surface area contributed by atoms with Crippen LogP contribution in [0, 0.1) is 0 Å². The van der Waals surface area contributed by atoms with Gasteiger partial charge in [-0.2, -0.15) is 26.7 Å². The van der Waals surface area contributed by atoms with E-state index in [1.165, 1.54) is 11.5 Å². The van der Waals surface area contributed by atoms with E-state index in [1.807, 2.05) is 11.8 Å². The zero-order valence-corrected chi connectivity index (χ0v) is 9.68. The standard InChI is InChI=1S/C8H12ClN5S/c9-6-12-7(10)14-8(13-6)11-5-1-3-15-4-2-5/h5H,1-4H2,(H3,10,11,12,13,14). The van der Waals surface area contributed by atoms with Gasteiger partial charge >= 0.3 is 0 Å². The van der Waals surface area contributed by atoms with Crippen molar-refractivity contribution in [3.05, 3.63) is 5.28 Å². The van der Waals surface area contributed by atoms with Gasteiger partial charge in [0.1, 0.15) is 0 Å². The molecule has 0 bridgehead atoms. The van der Waals surface area contributed by atoms with E-state index in [2.05, 4.69) is 20.3 Å². The van der Waals surface area contributed by atoms with E-state index in [9.17, 15) is 0 Å². The SMILES string of the molecule is Nc1nc(Cl)nc(NC2CCSCC2)n1. The highest BCUT2D eigenvalue weighted by Gasteiger charge is 2.14. The quantitative estimate of drug-likeness (QED) is 0.821. The molecular weight excluding hydrogens is 234 g/mol. The molecule has 0 atom stereocenters. The van der Waals surface area contributed by atoms with Gasteiger partial charge in [0.15, 0.2) is 0 Å². The Morgan fingerprint density at radius 2 is 2.00 bits per heavy atom. The minimum absolute atomic E-state index is 0.134. The summed E-state index contributed by atoms with van der Waals surface area (Å²) in [5.41, 5.74) is 5.47. The van der Waals surface area contributed by atoms with Gasteiger partial charge in [-0.05, 0) is 35.9 Å². The van der Waals surface area contributed by atoms with Gasteiger partial charge in [0.25, 0.3) is 0 Å². The molecule has 0 aromatic carbocycles. The lowest BCUT2D eigenvalue weighted by atomic mass is 10.2. The van der Waals surface area contributed by atoms with Crippen LogP contribution in [0.15, 0.2) is 0 Å². The zero-order chi connectivity index (χ0) is 10.7. The summed E-state index contributed by atoms with van der Waals surface area (Å²) in [5, 5.41) is 3.36. The van der Waals surface area contributed by atoms with Crippen molar-refractivity contribution in [1.29, 1.82) is 0 Å². The first-order valence-corrected chi connectivity index (χ1v) is 6.28. The van der Waals surface area contributed by atoms with Crippen molar-refractivity contribution in [1.82, 2.24) is 15.0 Å². The molecule has 82 valence electrons. The zero-order valence-electron chi connectivity index (χ0n) is 8.11. The van der Waals surface area contributed by atoms with Gasteiger partial charge in [-0.25, -0.2) is 0 Å². The summed E-state index contributed by atoms with van der Waals surface area (Å²) in [5.74, 6) is 2.98. The number of nitrogens with one attached hydrogen (secondary N) is 1. The number of rotatable bonds is 2. The molecule has 0 saturated carbocycles. The molecule has 0 amide bonds. The van der Waals surface area contributed by atoms with Gasteiger partial charge in [-0.15, -0.1) is 0 Å². The van der Waals surface area contributed by atoms with Crippen LogP contribution in [0.1, 0.15) is 12.8 Å². The molecule has 0 radical (unpaired) electrons. The van der Waals surface area contributed by atoms with Crippen molar-refractivity contribution in [2.75, 3.05) is 22.6 Å². The summed E-state index contributed by atoms with van der Waals surface area (Å²) in [7, 11) is 0. The largest absolute Gasteiger partial charge is 0.368 e. The Balaban J connectivity index is 2.02. The monoisotopic (exact) mass is 245 g/mol. The van der Waals surface area contributed by atoms with Crippen molar-refractivity contribution in [2.24, 2.45) is 0 Å². The molecule has 1 aliphatic rings. The van der Waals surface area contributed by atoms with Gasteiger partial charge in [-0.1, -0.05) is 0 Å². The van der Waals surface area contributed by atoms with Gasteiger partial charge in [0.05, 0.1) is 0 Å². The summed E-state index contributed by atoms with van der Waals surface area (Å²) in [6.07, 6.45) is 2.24. The van der Waals surface area contributed by atoms with E-state index in [4.69, 9.17) is 17.3 Å². The normalized spacial score (nSPS) is 17.7. The molecule has 2 rings (SSSR count). The first-order chi connectivity index (χ1) is 7.24. The molecule has 1 aromatic rings. The smallest absolute Gasteiger partial charge is 0.229 e. The fourth-order valence-corrected chi connectivity index (χ4v) is 2.73. The van der Waals surface area contributed by atoms with Gasteiger partial charge in [0, 0.05) is 6.04 Å². The minimum Gasteiger partial charge on any atom is -0.368 e. The topological polar surface area (TPSA) is 76.7 Å². The van der Waals surface area contributed by atoms with Gasteiger partial charge < -0.3 is 11.1 Å². The molecule has 0 spiro atoms. The highest BCUT2D eigenvalue weighted by atomic mass is 35.5. The molecular formula is C8H12ClN5S. The molecule has 0 aliphatic carbocycles. The fraction of sp³-hybridized carbons (Fsp3) is 0.625. The highest BCUT2D eigenvalue weighted by Crippen LogP contribution is 2.19. The number of nitrogens with two attached hydrogens (primary N) is 1. The van der Waals surface area contributed by atoms with Crippen molar-refractivity contribution >= 4 is 35.3 Å². The Morgan fingerprint density at radius 1 is 1.27 bits per heavy atom. The van der Waals surface area contributed by atoms with Crippen LogP contribution in [0.4, 0.5) is 11.9 Å². The number of aromatic nitrogens is 3. The number of anilines is 2. The number of nitrogens with zero attached hydrogens (tertiary/aromatic N) is 3. The highest BCUT2D eigenvalue weighted by molar-refractivity contribution is 7.99. The molecule has 1 aliphatic heterocycles. The molecule has 5 nitrogen and oxygen atoms in total. The summed E-state index contributed by atoms with van der Waals surface area (Å²) < 4.78 is 0. The van der Waals surface area contributed by atoms with Crippen LogP contribution in [0.3, 0.4) is 0 Å². The Kier molecular flexibility index (Phi) is 3.48. The number of thioether (sulfide) groups is 1. The second-order valence-corrected chi connectivity index (χ2v) is 4.88. The van der Waals surface area contributed by atoms with Crippen LogP contribution >= 0.6 is 23.4 Å². The molecule has 1 saturated heterocycles. The predicted octanol–water partition coefficient (Wildman–Crippen LogP) is 1.41. The molecule has 3 N–H and O–H groups in total. The molecule has 0 unspecified atom stereocenters. The van der Waals surface area contributed by atoms with E-state index >= 15 is 0 Å². The second-order valence-electron chi connectivity index (χ2n) is 3.32. The average molecular weight is 246 g/mol. The molecule has 7 heteroatoms. The Labute approximate surface area is 97.2 Å². The summed E-state index contributed by atoms with van der Waals surface area (Å²) in [6.45, 7) is 0. The second kappa shape index (κ2) is 4.85. The van der Waals surface area contributed by atoms with Crippen molar-refractivity contribution in [2.45, 2.75) is 18.9 Å². The number of halogens is 1. The van der Waals surface area contributed by atoms with Crippen LogP contribution in [-0.2, 0) is 0 Å². The first kappa shape index (κ1) is 10.8. The van der Waals surface area contributed by atoms with Crippen LogP contribution < -0.4 is 11.1 Å². The van der Waals surface area contributed by atoms with E-state index in [0.29, 0.717) is 12.0 Å². The van der Waals surface area contributed by atoms with Crippen LogP contribution in [0.2, 0.25) is 5.28 Å². The van der Waals surface area contributed by atoms with E-state index in [0.717, 1.165) is 12.8 Å². The minimum atomic E-state index is 0.134. The Bertz CT molecular complexity index is 322. The summed E-state index contributed by atoms with van der Waals surface area (Å²) >= 11 is 7.65. The number of nitrogen functional groups attached to an aromatic ring is 1. The lowest BCUT2D eigenvalue weighted by Crippen LogP contribution is -2.25. The maximum Gasteiger partial charge on any atom is 0.229 e. The third kappa shape index (κ3) is 3.10. The average Bonchev–Trinajstić information content (AvgIpc) is 2.17. The molecule has 1 aromatic heterocycles. The Morgan fingerprint density at radius 3 is 2.67 bits per heavy atom. The van der Waals surface area contributed by atoms with Gasteiger partial charge in [-0.3, -0.25) is 0 Å². The van der Waals surface area contributed by atoms with E-state index in [1.54, 1.807) is 0 Å². The maximum atomic E-state index is 5.68. The lowest BCUT2D eigenvalue weighted by molar-refractivity contribution is 0.659. The van der Waals surface area contributed by atoms with Crippen LogP contribution in [-0.4, -0.2) is 32.5 Å². The Hall–Kier alpha value is -0.750. The molecule has 2 heterocycles. The lowest BCUT2D eigenvalue weighted by Gasteiger charge is -2.22. The van der Waals surface area contributed by atoms with E-state index in [-0.39, 0.29) is 11.2 Å². The predicted molar refractivity (Wildman–Crippen MR) is 63.2 cm³/mol. The first-order valence-electron chi connectivity index (χ1n) is 4.75. The van der Waals surface area contributed by atoms with Crippen molar-refractivity contribution in [3.63, 3.8) is 0 Å². The number of hydrogen-bond acceptors (Lipinski definition) is 6. The number of hydrogen-bond donors (Lipinski definition) is 2. The fourth-order valence-electron chi connectivity index (χ4n) is 1.45. The van der Waals surface area contributed by atoms with E-state index < -0.39 is 0 Å². The van der Waals surface area contributed by atoms with Gasteiger partial charge in [0.2, 0.25) is 17.2 Å². The van der Waals surface area contributed by atoms with Crippen LogP contribution in [0.25, 0.3) is 0 Å². The molecule has 15 heavy (non-hydrogen) atoms. The summed E-state index contributed by atoms with van der Waals surface area (Å²) in [4.78, 5) is 11.7. The third-order valence-electron chi connectivity index (χ3n) is 2.18. The molecule has 1 fully saturated rings. The van der Waals surface area contributed by atoms with Crippen LogP contribution in [0.5, 0.6) is 0 Å². The maximum absolute atomic E-state index is 5.68. The van der Waals surface area contributed by atoms with Crippen molar-refractivity contribution in [3.8, 4) is 0 Å². The van der Waals surface area contributed by atoms with Crippen molar-refractivity contribution < 1.29 is 0 Å².